The predicted octanol–water partition coefficient (Wildman–Crippen LogP) is 2.15. The lowest BCUT2D eigenvalue weighted by Gasteiger charge is -2.24. The van der Waals surface area contributed by atoms with Crippen LogP contribution in [-0.4, -0.2) is 25.6 Å². The molecule has 4 nitrogen and oxygen atoms in total. The van der Waals surface area contributed by atoms with Gasteiger partial charge in [-0.1, -0.05) is 29.3 Å². The van der Waals surface area contributed by atoms with Crippen LogP contribution in [0.15, 0.2) is 18.2 Å². The highest BCUT2D eigenvalue weighted by atomic mass is 35.5. The number of carbonyl (C=O) groups excluding carboxylic acids is 1. The van der Waals surface area contributed by atoms with Crippen molar-refractivity contribution in [1.82, 2.24) is 5.32 Å². The molecule has 2 atom stereocenters. The van der Waals surface area contributed by atoms with E-state index in [1.54, 1.807) is 12.1 Å². The standard InChI is InChI=1S/C13H16Cl2N2O2/c14-10-2-1-8(5-11(10)15)13-9(6-12(16)18)7-17-3-4-19-13/h1-2,5,9,13,17H,3-4,6-7H2,(H2,16,18)/t9-,13+/m1/s1. The summed E-state index contributed by atoms with van der Waals surface area (Å²) >= 11 is 11.9. The average Bonchev–Trinajstić information content (AvgIpc) is 2.57. The molecular weight excluding hydrogens is 287 g/mol. The molecule has 1 saturated heterocycles. The second kappa shape index (κ2) is 6.57. The second-order valence-corrected chi connectivity index (χ2v) is 5.41. The van der Waals surface area contributed by atoms with E-state index in [2.05, 4.69) is 5.32 Å². The molecule has 19 heavy (non-hydrogen) atoms. The van der Waals surface area contributed by atoms with Gasteiger partial charge in [-0.15, -0.1) is 0 Å². The summed E-state index contributed by atoms with van der Waals surface area (Å²) in [5.74, 6) is -0.334. The fraction of sp³-hybridized carbons (Fsp3) is 0.462. The SMILES string of the molecule is NC(=O)C[C@@H]1CNCCO[C@H]1c1ccc(Cl)c(Cl)c1. The van der Waals surface area contributed by atoms with E-state index >= 15 is 0 Å². The molecule has 1 aromatic carbocycles. The van der Waals surface area contributed by atoms with Gasteiger partial charge in [0.2, 0.25) is 5.91 Å². The number of hydrogen-bond acceptors (Lipinski definition) is 3. The van der Waals surface area contributed by atoms with Gasteiger partial charge in [0, 0.05) is 25.4 Å². The van der Waals surface area contributed by atoms with E-state index < -0.39 is 0 Å². The highest BCUT2D eigenvalue weighted by Gasteiger charge is 2.27. The summed E-state index contributed by atoms with van der Waals surface area (Å²) in [6.07, 6.45) is 0.0787. The third-order valence-corrected chi connectivity index (χ3v) is 3.89. The third kappa shape index (κ3) is 3.83. The number of ether oxygens (including phenoxy) is 1. The van der Waals surface area contributed by atoms with Crippen molar-refractivity contribution < 1.29 is 9.53 Å². The molecule has 3 N–H and O–H groups in total. The van der Waals surface area contributed by atoms with Gasteiger partial charge in [-0.2, -0.15) is 0 Å². The Morgan fingerprint density at radius 3 is 2.89 bits per heavy atom. The van der Waals surface area contributed by atoms with Crippen LogP contribution in [0, 0.1) is 5.92 Å². The van der Waals surface area contributed by atoms with Crippen LogP contribution in [0.4, 0.5) is 0 Å². The lowest BCUT2D eigenvalue weighted by atomic mass is 9.92. The molecule has 104 valence electrons. The summed E-state index contributed by atoms with van der Waals surface area (Å²) in [6.45, 7) is 2.03. The van der Waals surface area contributed by atoms with Crippen LogP contribution >= 0.6 is 23.2 Å². The number of halogens is 2. The van der Waals surface area contributed by atoms with Crippen molar-refractivity contribution in [2.75, 3.05) is 19.7 Å². The molecule has 0 aromatic heterocycles. The van der Waals surface area contributed by atoms with Crippen LogP contribution < -0.4 is 11.1 Å². The van der Waals surface area contributed by atoms with E-state index in [4.69, 9.17) is 33.7 Å². The molecule has 2 rings (SSSR count). The molecule has 1 fully saturated rings. The predicted molar refractivity (Wildman–Crippen MR) is 75.3 cm³/mol. The minimum absolute atomic E-state index is 0.00255. The first-order valence-electron chi connectivity index (χ1n) is 6.13. The van der Waals surface area contributed by atoms with E-state index in [-0.39, 0.29) is 24.3 Å². The number of nitrogens with two attached hydrogens (primary N) is 1. The number of nitrogens with one attached hydrogen (secondary N) is 1. The zero-order valence-electron chi connectivity index (χ0n) is 10.4. The van der Waals surface area contributed by atoms with Crippen molar-refractivity contribution in [3.63, 3.8) is 0 Å². The maximum absolute atomic E-state index is 11.2. The zero-order valence-corrected chi connectivity index (χ0v) is 11.9. The summed E-state index contributed by atoms with van der Waals surface area (Å²) in [5.41, 5.74) is 6.22. The van der Waals surface area contributed by atoms with Crippen LogP contribution in [0.3, 0.4) is 0 Å². The Balaban J connectivity index is 2.25. The van der Waals surface area contributed by atoms with Gasteiger partial charge in [0.05, 0.1) is 22.8 Å². The van der Waals surface area contributed by atoms with Crippen LogP contribution in [0.2, 0.25) is 10.0 Å². The van der Waals surface area contributed by atoms with Gasteiger partial charge in [-0.3, -0.25) is 4.79 Å². The maximum atomic E-state index is 11.2. The van der Waals surface area contributed by atoms with Crippen molar-refractivity contribution in [3.8, 4) is 0 Å². The number of carbonyl (C=O) groups is 1. The Morgan fingerprint density at radius 1 is 1.42 bits per heavy atom. The normalized spacial score (nSPS) is 23.9. The summed E-state index contributed by atoms with van der Waals surface area (Å²) in [4.78, 5) is 11.2. The number of primary amides is 1. The first-order valence-corrected chi connectivity index (χ1v) is 6.89. The van der Waals surface area contributed by atoms with E-state index in [1.807, 2.05) is 6.07 Å². The first kappa shape index (κ1) is 14.6. The summed E-state index contributed by atoms with van der Waals surface area (Å²) in [7, 11) is 0. The molecule has 1 heterocycles. The first-order chi connectivity index (χ1) is 9.08. The van der Waals surface area contributed by atoms with E-state index in [1.165, 1.54) is 0 Å². The Kier molecular flexibility index (Phi) is 5.05. The van der Waals surface area contributed by atoms with Crippen LogP contribution in [0.25, 0.3) is 0 Å². The fourth-order valence-corrected chi connectivity index (χ4v) is 2.59. The summed E-state index contributed by atoms with van der Waals surface area (Å²) in [5, 5.41) is 4.22. The second-order valence-electron chi connectivity index (χ2n) is 4.60. The van der Waals surface area contributed by atoms with Gasteiger partial charge in [0.1, 0.15) is 0 Å². The number of rotatable bonds is 3. The minimum atomic E-state index is -0.331. The molecule has 0 aliphatic carbocycles. The largest absolute Gasteiger partial charge is 0.372 e. The van der Waals surface area contributed by atoms with Crippen molar-refractivity contribution in [2.24, 2.45) is 11.7 Å². The highest BCUT2D eigenvalue weighted by molar-refractivity contribution is 6.42. The van der Waals surface area contributed by atoms with Crippen molar-refractivity contribution in [1.29, 1.82) is 0 Å². The topological polar surface area (TPSA) is 64.4 Å². The Hall–Kier alpha value is -0.810. The Morgan fingerprint density at radius 2 is 2.21 bits per heavy atom. The minimum Gasteiger partial charge on any atom is -0.372 e. The lowest BCUT2D eigenvalue weighted by Crippen LogP contribution is -2.28. The van der Waals surface area contributed by atoms with E-state index in [0.717, 1.165) is 12.1 Å². The molecule has 0 saturated carbocycles. The van der Waals surface area contributed by atoms with Crippen molar-refractivity contribution in [2.45, 2.75) is 12.5 Å². The Labute approximate surface area is 122 Å². The van der Waals surface area contributed by atoms with Crippen LogP contribution in [-0.2, 0) is 9.53 Å². The van der Waals surface area contributed by atoms with Crippen molar-refractivity contribution >= 4 is 29.1 Å². The number of benzene rings is 1. The van der Waals surface area contributed by atoms with Crippen LogP contribution in [0.1, 0.15) is 18.1 Å². The fourth-order valence-electron chi connectivity index (χ4n) is 2.28. The number of amides is 1. The Bertz CT molecular complexity index is 468. The molecule has 1 aliphatic heterocycles. The quantitative estimate of drug-likeness (QED) is 0.899. The van der Waals surface area contributed by atoms with Gasteiger partial charge >= 0.3 is 0 Å². The highest BCUT2D eigenvalue weighted by Crippen LogP contribution is 2.33. The molecule has 1 aliphatic rings. The van der Waals surface area contributed by atoms with Gasteiger partial charge in [-0.25, -0.2) is 0 Å². The molecule has 6 heteroatoms. The molecule has 0 bridgehead atoms. The molecular formula is C13H16Cl2N2O2. The molecule has 0 radical (unpaired) electrons. The summed E-state index contributed by atoms with van der Waals surface area (Å²) < 4.78 is 5.83. The average molecular weight is 303 g/mol. The maximum Gasteiger partial charge on any atom is 0.217 e. The smallest absolute Gasteiger partial charge is 0.217 e. The molecule has 1 amide bonds. The van der Waals surface area contributed by atoms with Gasteiger partial charge in [-0.05, 0) is 17.7 Å². The van der Waals surface area contributed by atoms with Gasteiger partial charge in [0.15, 0.2) is 0 Å². The number of hydrogen-bond donors (Lipinski definition) is 2. The summed E-state index contributed by atoms with van der Waals surface area (Å²) in [6, 6.07) is 5.40. The van der Waals surface area contributed by atoms with Gasteiger partial charge in [0.25, 0.3) is 0 Å². The van der Waals surface area contributed by atoms with E-state index in [0.29, 0.717) is 23.2 Å². The molecule has 0 unspecified atom stereocenters. The molecule has 0 spiro atoms. The lowest BCUT2D eigenvalue weighted by molar-refractivity contribution is -0.120. The van der Waals surface area contributed by atoms with Crippen molar-refractivity contribution in [3.05, 3.63) is 33.8 Å². The van der Waals surface area contributed by atoms with Crippen LogP contribution in [0.5, 0.6) is 0 Å². The zero-order chi connectivity index (χ0) is 13.8. The van der Waals surface area contributed by atoms with E-state index in [9.17, 15) is 4.79 Å². The monoisotopic (exact) mass is 302 g/mol. The third-order valence-electron chi connectivity index (χ3n) is 3.15. The van der Waals surface area contributed by atoms with Gasteiger partial charge < -0.3 is 15.8 Å². The molecule has 1 aromatic rings.